The number of hydrogen-bond acceptors (Lipinski definition) is 8. The predicted octanol–water partition coefficient (Wildman–Crippen LogP) is -1.84. The molecule has 22 heavy (non-hydrogen) atoms. The van der Waals surface area contributed by atoms with Crippen LogP contribution in [0, 0.1) is 0 Å². The Kier molecular flexibility index (Phi) is 4.07. The number of nitrogens with zero attached hydrogens (tertiary/aromatic N) is 3. The molecule has 0 unspecified atom stereocenters. The summed E-state index contributed by atoms with van der Waals surface area (Å²) in [5.41, 5.74) is 0.0431. The van der Waals surface area contributed by atoms with Crippen molar-refractivity contribution in [3.63, 3.8) is 0 Å². The molecule has 1 saturated heterocycles. The summed E-state index contributed by atoms with van der Waals surface area (Å²) in [4.78, 5) is 22.8. The Morgan fingerprint density at radius 3 is 3.00 bits per heavy atom. The van der Waals surface area contributed by atoms with E-state index in [1.165, 1.54) is 6.33 Å². The summed E-state index contributed by atoms with van der Waals surface area (Å²) in [6.45, 7) is -0.146. The normalized spacial score (nSPS) is 25.0. The van der Waals surface area contributed by atoms with Crippen LogP contribution in [0.5, 0.6) is 0 Å². The van der Waals surface area contributed by atoms with Gasteiger partial charge in [0.05, 0.1) is 25.6 Å². The first-order valence-electron chi connectivity index (χ1n) is 6.90. The van der Waals surface area contributed by atoms with Gasteiger partial charge in [-0.3, -0.25) is 14.3 Å². The fraction of sp³-hybridized carbons (Fsp3) is 0.583. The van der Waals surface area contributed by atoms with E-state index in [0.29, 0.717) is 5.65 Å². The van der Waals surface area contributed by atoms with E-state index in [-0.39, 0.29) is 37.6 Å². The highest BCUT2D eigenvalue weighted by Gasteiger charge is 2.35. The molecule has 5 N–H and O–H groups in total. The fourth-order valence-corrected chi connectivity index (χ4v) is 2.45. The van der Waals surface area contributed by atoms with Gasteiger partial charge in [0.25, 0.3) is 5.56 Å². The van der Waals surface area contributed by atoms with Gasteiger partial charge in [0.15, 0.2) is 11.2 Å². The van der Waals surface area contributed by atoms with Gasteiger partial charge in [-0.05, 0) is 0 Å². The molecule has 3 atom stereocenters. The Labute approximate surface area is 124 Å². The van der Waals surface area contributed by atoms with Crippen molar-refractivity contribution in [1.29, 1.82) is 0 Å². The number of H-pyrrole nitrogens is 1. The van der Waals surface area contributed by atoms with E-state index in [1.807, 2.05) is 0 Å². The second-order valence-corrected chi connectivity index (χ2v) is 5.00. The van der Waals surface area contributed by atoms with Crippen LogP contribution in [0.25, 0.3) is 11.2 Å². The van der Waals surface area contributed by atoms with Gasteiger partial charge >= 0.3 is 0 Å². The number of imidazole rings is 1. The third-order valence-corrected chi connectivity index (χ3v) is 3.53. The average molecular weight is 311 g/mol. The van der Waals surface area contributed by atoms with Crippen LogP contribution < -0.4 is 10.9 Å². The number of aliphatic hydroxyl groups excluding tert-OH is 3. The van der Waals surface area contributed by atoms with Crippen LogP contribution in [0.3, 0.4) is 0 Å². The molecule has 1 aliphatic rings. The highest BCUT2D eigenvalue weighted by molar-refractivity contribution is 5.70. The number of hydrogen-bond donors (Lipinski definition) is 5. The van der Waals surface area contributed by atoms with Crippen molar-refractivity contribution in [2.45, 2.75) is 24.9 Å². The fourth-order valence-electron chi connectivity index (χ4n) is 2.45. The first-order chi connectivity index (χ1) is 10.6. The van der Waals surface area contributed by atoms with E-state index in [2.05, 4.69) is 20.3 Å². The number of rotatable bonds is 5. The standard InChI is InChI=1S/C12H17N5O5/c18-2-1-13-12-15-10-9(11(21)16-12)14-5-17(10)8-3-6(20)7(4-19)22-8/h5-8,18-20H,1-4H2,(H2,13,15,16,21)/t6-,7+,8+/m0/s1. The van der Waals surface area contributed by atoms with E-state index in [4.69, 9.17) is 14.9 Å². The van der Waals surface area contributed by atoms with Gasteiger partial charge in [0.2, 0.25) is 5.95 Å². The Bertz CT molecular complexity index is 713. The van der Waals surface area contributed by atoms with Crippen LogP contribution in [0.15, 0.2) is 11.1 Å². The molecular formula is C12H17N5O5. The molecule has 0 radical (unpaired) electrons. The summed E-state index contributed by atoms with van der Waals surface area (Å²) in [5.74, 6) is 0.213. The Balaban J connectivity index is 1.97. The highest BCUT2D eigenvalue weighted by atomic mass is 16.5. The first kappa shape index (κ1) is 14.9. The number of fused-ring (bicyclic) bond motifs is 1. The maximum Gasteiger partial charge on any atom is 0.280 e. The Morgan fingerprint density at radius 2 is 2.32 bits per heavy atom. The van der Waals surface area contributed by atoms with E-state index in [9.17, 15) is 9.90 Å². The largest absolute Gasteiger partial charge is 0.395 e. The average Bonchev–Trinajstić information content (AvgIpc) is 3.08. The van der Waals surface area contributed by atoms with Crippen LogP contribution in [0.1, 0.15) is 12.6 Å². The molecular weight excluding hydrogens is 294 g/mol. The van der Waals surface area contributed by atoms with Crippen LogP contribution in [0.2, 0.25) is 0 Å². The van der Waals surface area contributed by atoms with Crippen molar-refractivity contribution in [3.05, 3.63) is 16.7 Å². The topological polar surface area (TPSA) is 146 Å². The summed E-state index contributed by atoms with van der Waals surface area (Å²) in [5, 5.41) is 30.5. The minimum Gasteiger partial charge on any atom is -0.395 e. The number of aromatic amines is 1. The number of nitrogens with one attached hydrogen (secondary N) is 2. The van der Waals surface area contributed by atoms with Gasteiger partial charge in [-0.1, -0.05) is 0 Å². The summed E-state index contributed by atoms with van der Waals surface area (Å²) < 4.78 is 7.10. The molecule has 0 aliphatic carbocycles. The van der Waals surface area contributed by atoms with Gasteiger partial charge in [-0.15, -0.1) is 0 Å². The van der Waals surface area contributed by atoms with Crippen molar-refractivity contribution >= 4 is 17.1 Å². The highest BCUT2D eigenvalue weighted by Crippen LogP contribution is 2.30. The maximum absolute atomic E-state index is 12.0. The van der Waals surface area contributed by atoms with E-state index in [1.54, 1.807) is 4.57 Å². The molecule has 10 nitrogen and oxygen atoms in total. The Hall–Kier alpha value is -2.01. The molecule has 2 aromatic heterocycles. The quantitative estimate of drug-likeness (QED) is 0.433. The minimum atomic E-state index is -0.790. The second kappa shape index (κ2) is 6.01. The number of anilines is 1. The van der Waals surface area contributed by atoms with E-state index in [0.717, 1.165) is 0 Å². The second-order valence-electron chi connectivity index (χ2n) is 5.00. The van der Waals surface area contributed by atoms with E-state index >= 15 is 0 Å². The molecule has 1 aliphatic heterocycles. The van der Waals surface area contributed by atoms with Gasteiger partial charge < -0.3 is 25.4 Å². The number of aliphatic hydroxyl groups is 3. The molecule has 0 bridgehead atoms. The first-order valence-corrected chi connectivity index (χ1v) is 6.90. The molecule has 0 saturated carbocycles. The number of aromatic nitrogens is 4. The van der Waals surface area contributed by atoms with Crippen LogP contribution >= 0.6 is 0 Å². The van der Waals surface area contributed by atoms with Gasteiger partial charge in [-0.2, -0.15) is 4.98 Å². The molecule has 0 aromatic carbocycles. The molecule has 3 heterocycles. The Morgan fingerprint density at radius 1 is 1.50 bits per heavy atom. The zero-order valence-corrected chi connectivity index (χ0v) is 11.6. The van der Waals surface area contributed by atoms with Crippen molar-refractivity contribution in [1.82, 2.24) is 19.5 Å². The lowest BCUT2D eigenvalue weighted by Crippen LogP contribution is -2.24. The molecule has 2 aromatic rings. The summed E-state index contributed by atoms with van der Waals surface area (Å²) in [7, 11) is 0. The molecule has 0 spiro atoms. The van der Waals surface area contributed by atoms with Crippen molar-refractivity contribution < 1.29 is 20.1 Å². The molecule has 3 rings (SSSR count). The SMILES string of the molecule is O=c1[nH]c(NCCO)nc2c1ncn2[C@H]1C[C@H](O)[C@@H](CO)O1. The van der Waals surface area contributed by atoms with Crippen molar-refractivity contribution in [2.24, 2.45) is 0 Å². The van der Waals surface area contributed by atoms with E-state index < -0.39 is 24.0 Å². The number of ether oxygens (including phenoxy) is 1. The molecule has 1 fully saturated rings. The lowest BCUT2D eigenvalue weighted by atomic mass is 10.2. The van der Waals surface area contributed by atoms with Crippen LogP contribution in [-0.2, 0) is 4.74 Å². The van der Waals surface area contributed by atoms with Gasteiger partial charge in [-0.25, -0.2) is 4.98 Å². The predicted molar refractivity (Wildman–Crippen MR) is 75.3 cm³/mol. The van der Waals surface area contributed by atoms with Gasteiger partial charge in [0, 0.05) is 13.0 Å². The summed E-state index contributed by atoms with van der Waals surface area (Å²) in [6.07, 6.45) is -0.334. The van der Waals surface area contributed by atoms with Crippen LogP contribution in [0.4, 0.5) is 5.95 Å². The minimum absolute atomic E-state index is 0.100. The smallest absolute Gasteiger partial charge is 0.280 e. The molecule has 0 amide bonds. The third-order valence-electron chi connectivity index (χ3n) is 3.53. The zero-order valence-electron chi connectivity index (χ0n) is 11.6. The van der Waals surface area contributed by atoms with Crippen molar-refractivity contribution in [2.75, 3.05) is 25.1 Å². The molecule has 120 valence electrons. The lowest BCUT2D eigenvalue weighted by molar-refractivity contribution is -0.0432. The van der Waals surface area contributed by atoms with Crippen LogP contribution in [-0.4, -0.2) is 66.8 Å². The third kappa shape index (κ3) is 2.57. The maximum atomic E-state index is 12.0. The summed E-state index contributed by atoms with van der Waals surface area (Å²) in [6, 6.07) is 0. The monoisotopic (exact) mass is 311 g/mol. The zero-order chi connectivity index (χ0) is 15.7. The summed E-state index contributed by atoms with van der Waals surface area (Å²) >= 11 is 0. The lowest BCUT2D eigenvalue weighted by Gasteiger charge is -2.13. The molecule has 10 heteroatoms. The van der Waals surface area contributed by atoms with Crippen molar-refractivity contribution in [3.8, 4) is 0 Å². The van der Waals surface area contributed by atoms with Gasteiger partial charge in [0.1, 0.15) is 12.3 Å².